The summed E-state index contributed by atoms with van der Waals surface area (Å²) < 4.78 is 1.90. The highest BCUT2D eigenvalue weighted by molar-refractivity contribution is 9.11. The minimum absolute atomic E-state index is 0.563. The second kappa shape index (κ2) is 5.00. The zero-order valence-electron chi connectivity index (χ0n) is 8.58. The van der Waals surface area contributed by atoms with Gasteiger partial charge in [-0.2, -0.15) is 0 Å². The summed E-state index contributed by atoms with van der Waals surface area (Å²) in [6.07, 6.45) is -0.563. The van der Waals surface area contributed by atoms with Gasteiger partial charge in [-0.3, -0.25) is 0 Å². The van der Waals surface area contributed by atoms with Gasteiger partial charge in [-0.05, 0) is 42.1 Å². The first-order valence-corrected chi connectivity index (χ1v) is 7.23. The molecule has 4 heteroatoms. The van der Waals surface area contributed by atoms with Crippen molar-refractivity contribution in [1.29, 1.82) is 0 Å². The molecular formula is C12H10Br2OS. The predicted molar refractivity (Wildman–Crippen MR) is 75.0 cm³/mol. The van der Waals surface area contributed by atoms with E-state index in [9.17, 15) is 5.11 Å². The van der Waals surface area contributed by atoms with Crippen molar-refractivity contribution in [3.05, 3.63) is 54.6 Å². The van der Waals surface area contributed by atoms with Crippen LogP contribution in [0.2, 0.25) is 0 Å². The second-order valence-corrected chi connectivity index (χ2v) is 6.25. The van der Waals surface area contributed by atoms with Crippen molar-refractivity contribution >= 4 is 43.2 Å². The normalized spacial score (nSPS) is 12.8. The van der Waals surface area contributed by atoms with Gasteiger partial charge in [0.15, 0.2) is 0 Å². The Balaban J connectivity index is 2.45. The summed E-state index contributed by atoms with van der Waals surface area (Å²) in [6.45, 7) is 2.01. The molecule has 1 atom stereocenters. The lowest BCUT2D eigenvalue weighted by molar-refractivity contribution is 0.222. The summed E-state index contributed by atoms with van der Waals surface area (Å²) in [7, 11) is 0. The topological polar surface area (TPSA) is 20.2 Å². The van der Waals surface area contributed by atoms with Crippen LogP contribution in [-0.2, 0) is 0 Å². The van der Waals surface area contributed by atoms with E-state index in [0.29, 0.717) is 0 Å². The number of hydrogen-bond donors (Lipinski definition) is 1. The summed E-state index contributed by atoms with van der Waals surface area (Å²) in [5.41, 5.74) is 2.02. The molecule has 0 saturated carbocycles. The molecule has 1 unspecified atom stereocenters. The number of aliphatic hydroxyl groups excluding tert-OH is 1. The molecule has 1 aromatic carbocycles. The van der Waals surface area contributed by atoms with E-state index in [2.05, 4.69) is 31.9 Å². The second-order valence-electron chi connectivity index (χ2n) is 3.54. The lowest BCUT2D eigenvalue weighted by Crippen LogP contribution is -1.99. The minimum atomic E-state index is -0.563. The Bertz CT molecular complexity index is 507. The number of thiophene rings is 1. The van der Waals surface area contributed by atoms with Crippen molar-refractivity contribution in [3.63, 3.8) is 0 Å². The first-order valence-electron chi connectivity index (χ1n) is 4.76. The van der Waals surface area contributed by atoms with Crippen molar-refractivity contribution in [2.24, 2.45) is 0 Å². The molecule has 1 nitrogen and oxygen atoms in total. The molecule has 0 saturated heterocycles. The van der Waals surface area contributed by atoms with E-state index in [1.54, 1.807) is 11.3 Å². The van der Waals surface area contributed by atoms with Gasteiger partial charge in [0.05, 0.1) is 0 Å². The molecule has 0 aliphatic rings. The molecule has 1 N–H and O–H groups in total. The van der Waals surface area contributed by atoms with Crippen molar-refractivity contribution in [2.45, 2.75) is 13.0 Å². The molecule has 2 rings (SSSR count). The third-order valence-corrected chi connectivity index (χ3v) is 4.69. The smallest absolute Gasteiger partial charge is 0.115 e. The highest BCUT2D eigenvalue weighted by Gasteiger charge is 2.17. The van der Waals surface area contributed by atoms with E-state index >= 15 is 0 Å². The van der Waals surface area contributed by atoms with Crippen LogP contribution in [0.4, 0.5) is 0 Å². The van der Waals surface area contributed by atoms with Crippen LogP contribution in [0.25, 0.3) is 0 Å². The minimum Gasteiger partial charge on any atom is -0.383 e. The molecule has 16 heavy (non-hydrogen) atoms. The maximum absolute atomic E-state index is 10.3. The zero-order chi connectivity index (χ0) is 11.7. The van der Waals surface area contributed by atoms with Crippen LogP contribution >= 0.6 is 43.2 Å². The lowest BCUT2D eigenvalue weighted by atomic mass is 10.1. The molecule has 0 fully saturated rings. The first-order chi connectivity index (χ1) is 7.59. The van der Waals surface area contributed by atoms with Gasteiger partial charge in [0.1, 0.15) is 6.10 Å². The van der Waals surface area contributed by atoms with E-state index in [0.717, 1.165) is 24.9 Å². The van der Waals surface area contributed by atoms with Crippen molar-refractivity contribution in [2.75, 3.05) is 0 Å². The molecule has 0 spiro atoms. The van der Waals surface area contributed by atoms with Crippen LogP contribution in [0.5, 0.6) is 0 Å². The van der Waals surface area contributed by atoms with Gasteiger partial charge in [0, 0.05) is 19.4 Å². The van der Waals surface area contributed by atoms with Crippen molar-refractivity contribution in [3.8, 4) is 0 Å². The Hall–Kier alpha value is -0.160. The SMILES string of the molecule is Cc1ccsc1C(O)c1cc(Br)ccc1Br. The third kappa shape index (κ3) is 2.40. The van der Waals surface area contributed by atoms with Gasteiger partial charge in [-0.15, -0.1) is 11.3 Å². The monoisotopic (exact) mass is 360 g/mol. The van der Waals surface area contributed by atoms with Crippen LogP contribution < -0.4 is 0 Å². The van der Waals surface area contributed by atoms with Crippen molar-refractivity contribution in [1.82, 2.24) is 0 Å². The Labute approximate surface area is 115 Å². The molecule has 0 bridgehead atoms. The quantitative estimate of drug-likeness (QED) is 0.824. The number of halogens is 2. The van der Waals surface area contributed by atoms with Crippen LogP contribution in [-0.4, -0.2) is 5.11 Å². The highest BCUT2D eigenvalue weighted by Crippen LogP contribution is 2.34. The molecular weight excluding hydrogens is 352 g/mol. The average Bonchev–Trinajstić information content (AvgIpc) is 2.67. The number of rotatable bonds is 2. The molecule has 0 aliphatic carbocycles. The number of aryl methyl sites for hydroxylation is 1. The largest absolute Gasteiger partial charge is 0.383 e. The van der Waals surface area contributed by atoms with Gasteiger partial charge in [0.25, 0.3) is 0 Å². The maximum atomic E-state index is 10.3. The van der Waals surface area contributed by atoms with Crippen LogP contribution in [0.15, 0.2) is 38.6 Å². The molecule has 0 amide bonds. The fourth-order valence-electron chi connectivity index (χ4n) is 1.53. The summed E-state index contributed by atoms with van der Waals surface area (Å²) in [6, 6.07) is 7.84. The molecule has 2 aromatic rings. The van der Waals surface area contributed by atoms with Crippen LogP contribution in [0.1, 0.15) is 22.1 Å². The molecule has 1 aromatic heterocycles. The third-order valence-electron chi connectivity index (χ3n) is 2.40. The van der Waals surface area contributed by atoms with Crippen LogP contribution in [0, 0.1) is 6.92 Å². The van der Waals surface area contributed by atoms with E-state index < -0.39 is 6.10 Å². The zero-order valence-corrected chi connectivity index (χ0v) is 12.6. The number of benzene rings is 1. The van der Waals surface area contributed by atoms with E-state index in [4.69, 9.17) is 0 Å². The fraction of sp³-hybridized carbons (Fsp3) is 0.167. The Morgan fingerprint density at radius 1 is 1.25 bits per heavy atom. The van der Waals surface area contributed by atoms with Gasteiger partial charge in [-0.1, -0.05) is 31.9 Å². The summed E-state index contributed by atoms with van der Waals surface area (Å²) in [4.78, 5) is 0.999. The number of aliphatic hydroxyl groups is 1. The molecule has 84 valence electrons. The standard InChI is InChI=1S/C12H10Br2OS/c1-7-4-5-16-12(7)11(15)9-6-8(13)2-3-10(9)14/h2-6,11,15H,1H3. The van der Waals surface area contributed by atoms with E-state index in [1.807, 2.05) is 36.6 Å². The van der Waals surface area contributed by atoms with E-state index in [1.165, 1.54) is 0 Å². The summed E-state index contributed by atoms with van der Waals surface area (Å²) >= 11 is 8.46. The Morgan fingerprint density at radius 3 is 2.62 bits per heavy atom. The predicted octanol–water partition coefficient (Wildman–Crippen LogP) is 4.66. The Morgan fingerprint density at radius 2 is 2.00 bits per heavy atom. The first kappa shape index (κ1) is 12.3. The highest BCUT2D eigenvalue weighted by atomic mass is 79.9. The maximum Gasteiger partial charge on any atom is 0.115 e. The molecule has 1 heterocycles. The van der Waals surface area contributed by atoms with Gasteiger partial charge in [0.2, 0.25) is 0 Å². The fourth-order valence-corrected chi connectivity index (χ4v) is 3.30. The van der Waals surface area contributed by atoms with Gasteiger partial charge in [-0.25, -0.2) is 0 Å². The number of hydrogen-bond acceptors (Lipinski definition) is 2. The molecule has 0 radical (unpaired) electrons. The summed E-state index contributed by atoms with van der Waals surface area (Å²) in [5.74, 6) is 0. The van der Waals surface area contributed by atoms with Crippen molar-refractivity contribution < 1.29 is 5.11 Å². The van der Waals surface area contributed by atoms with Gasteiger partial charge < -0.3 is 5.11 Å². The average molecular weight is 362 g/mol. The van der Waals surface area contributed by atoms with Gasteiger partial charge >= 0.3 is 0 Å². The lowest BCUT2D eigenvalue weighted by Gasteiger charge is -2.13. The Kier molecular flexibility index (Phi) is 3.85. The van der Waals surface area contributed by atoms with E-state index in [-0.39, 0.29) is 0 Å². The van der Waals surface area contributed by atoms with Crippen LogP contribution in [0.3, 0.4) is 0 Å². The molecule has 0 aliphatic heterocycles. The summed E-state index contributed by atoms with van der Waals surface area (Å²) in [5, 5.41) is 12.3.